The zero-order valence-corrected chi connectivity index (χ0v) is 24.3. The zero-order chi connectivity index (χ0) is 30.5. The molecule has 1 atom stereocenters. The topological polar surface area (TPSA) is 134 Å². The highest BCUT2D eigenvalue weighted by molar-refractivity contribution is 7.89. The zero-order valence-electron chi connectivity index (χ0n) is 22.8. The predicted molar refractivity (Wildman–Crippen MR) is 158 cm³/mol. The van der Waals surface area contributed by atoms with E-state index < -0.39 is 27.9 Å². The first-order valence-electron chi connectivity index (χ1n) is 13.0. The summed E-state index contributed by atoms with van der Waals surface area (Å²) in [6.07, 6.45) is 3.86. The number of carbonyl (C=O) groups is 1. The Morgan fingerprint density at radius 3 is 2.52 bits per heavy atom. The van der Waals surface area contributed by atoms with E-state index in [1.807, 2.05) is 0 Å². The van der Waals surface area contributed by atoms with Gasteiger partial charge >= 0.3 is 0 Å². The molecule has 2 heterocycles. The number of anilines is 2. The molecule has 222 valence electrons. The number of halogens is 3. The SMILES string of the molecule is C=C/N=C\c1ncc(N2CCN(S(=O)(=O)c3ccc(Cl)cc3)[C@@H](C(=O)NCc3ccc(C(F)(F)CC)cc3)C2)nc1N. The maximum absolute atomic E-state index is 14.0. The molecule has 10 nitrogen and oxygen atoms in total. The second-order valence-electron chi connectivity index (χ2n) is 9.46. The van der Waals surface area contributed by atoms with Gasteiger partial charge in [-0.15, -0.1) is 0 Å². The third-order valence-corrected chi connectivity index (χ3v) is 8.96. The van der Waals surface area contributed by atoms with Crippen LogP contribution in [0.25, 0.3) is 0 Å². The molecule has 0 saturated carbocycles. The highest BCUT2D eigenvalue weighted by Gasteiger charge is 2.40. The summed E-state index contributed by atoms with van der Waals surface area (Å²) in [5, 5.41) is 3.12. The maximum atomic E-state index is 14.0. The monoisotopic (exact) mass is 617 g/mol. The number of aromatic nitrogens is 2. The summed E-state index contributed by atoms with van der Waals surface area (Å²) in [6, 6.07) is 10.2. The molecule has 1 amide bonds. The third-order valence-electron chi connectivity index (χ3n) is 6.78. The van der Waals surface area contributed by atoms with Gasteiger partial charge in [-0.3, -0.25) is 9.79 Å². The number of alkyl halides is 2. The Morgan fingerprint density at radius 1 is 1.21 bits per heavy atom. The van der Waals surface area contributed by atoms with E-state index in [2.05, 4.69) is 26.9 Å². The normalized spacial score (nSPS) is 16.5. The van der Waals surface area contributed by atoms with Crippen molar-refractivity contribution in [3.63, 3.8) is 0 Å². The van der Waals surface area contributed by atoms with Crippen molar-refractivity contribution in [2.75, 3.05) is 30.3 Å². The molecule has 42 heavy (non-hydrogen) atoms. The number of nitrogens with zero attached hydrogens (tertiary/aromatic N) is 5. The first-order chi connectivity index (χ1) is 20.0. The van der Waals surface area contributed by atoms with Crippen LogP contribution in [-0.4, -0.2) is 60.5 Å². The van der Waals surface area contributed by atoms with Crippen LogP contribution >= 0.6 is 11.6 Å². The van der Waals surface area contributed by atoms with Crippen LogP contribution in [0.15, 0.2) is 77.4 Å². The molecular weight excluding hydrogens is 588 g/mol. The number of nitrogens with one attached hydrogen (secondary N) is 1. The van der Waals surface area contributed by atoms with Gasteiger partial charge in [-0.1, -0.05) is 49.4 Å². The molecule has 1 saturated heterocycles. The lowest BCUT2D eigenvalue weighted by atomic mass is 10.0. The Kier molecular flexibility index (Phi) is 9.54. The second kappa shape index (κ2) is 12.9. The molecule has 0 unspecified atom stereocenters. The average molecular weight is 618 g/mol. The van der Waals surface area contributed by atoms with Crippen molar-refractivity contribution in [2.45, 2.75) is 36.7 Å². The third kappa shape index (κ3) is 6.92. The van der Waals surface area contributed by atoms with Gasteiger partial charge in [0.25, 0.3) is 5.92 Å². The molecule has 0 radical (unpaired) electrons. The average Bonchev–Trinajstić information content (AvgIpc) is 2.99. The van der Waals surface area contributed by atoms with E-state index in [-0.39, 0.29) is 48.9 Å². The smallest absolute Gasteiger partial charge is 0.273 e. The second-order valence-corrected chi connectivity index (χ2v) is 11.8. The number of aliphatic imine (C=N–C) groups is 1. The minimum atomic E-state index is -4.10. The van der Waals surface area contributed by atoms with Crippen LogP contribution in [-0.2, 0) is 27.3 Å². The summed E-state index contributed by atoms with van der Waals surface area (Å²) in [5.74, 6) is -3.06. The summed E-state index contributed by atoms with van der Waals surface area (Å²) in [6.45, 7) is 5.03. The molecule has 2 aromatic carbocycles. The number of carbonyl (C=O) groups excluding carboxylic acids is 1. The molecule has 0 aliphatic carbocycles. The van der Waals surface area contributed by atoms with Gasteiger partial charge in [0.2, 0.25) is 15.9 Å². The van der Waals surface area contributed by atoms with Crippen molar-refractivity contribution in [1.82, 2.24) is 19.6 Å². The summed E-state index contributed by atoms with van der Waals surface area (Å²) in [4.78, 5) is 27.8. The fraction of sp³-hybridized carbons (Fsp3) is 0.286. The number of sulfonamides is 1. The summed E-state index contributed by atoms with van der Waals surface area (Å²) < 4.78 is 56.4. The highest BCUT2D eigenvalue weighted by Crippen LogP contribution is 2.31. The maximum Gasteiger partial charge on any atom is 0.273 e. The van der Waals surface area contributed by atoms with Crippen molar-refractivity contribution >= 4 is 45.4 Å². The number of hydrogen-bond acceptors (Lipinski definition) is 8. The number of nitrogen functional groups attached to an aromatic ring is 1. The van der Waals surface area contributed by atoms with Gasteiger partial charge < -0.3 is 16.0 Å². The lowest BCUT2D eigenvalue weighted by molar-refractivity contribution is -0.125. The van der Waals surface area contributed by atoms with Crippen LogP contribution in [0.2, 0.25) is 5.02 Å². The van der Waals surface area contributed by atoms with E-state index in [1.165, 1.54) is 74.1 Å². The van der Waals surface area contributed by atoms with Crippen molar-refractivity contribution in [1.29, 1.82) is 0 Å². The number of nitrogens with two attached hydrogens (primary N) is 1. The molecule has 4 rings (SSSR count). The predicted octanol–water partition coefficient (Wildman–Crippen LogP) is 3.97. The van der Waals surface area contributed by atoms with Crippen LogP contribution < -0.4 is 16.0 Å². The fourth-order valence-corrected chi connectivity index (χ4v) is 6.07. The van der Waals surface area contributed by atoms with E-state index in [0.29, 0.717) is 22.1 Å². The van der Waals surface area contributed by atoms with Gasteiger partial charge in [0.15, 0.2) is 5.82 Å². The first kappa shape index (κ1) is 31.0. The Bertz CT molecular complexity index is 1570. The van der Waals surface area contributed by atoms with E-state index in [1.54, 1.807) is 4.90 Å². The molecule has 1 aliphatic rings. The lowest BCUT2D eigenvalue weighted by Gasteiger charge is -2.40. The molecule has 3 aromatic rings. The van der Waals surface area contributed by atoms with Crippen LogP contribution in [0.5, 0.6) is 0 Å². The summed E-state index contributed by atoms with van der Waals surface area (Å²) in [7, 11) is -4.10. The van der Waals surface area contributed by atoms with Crippen LogP contribution in [0.1, 0.15) is 30.2 Å². The Morgan fingerprint density at radius 2 is 1.90 bits per heavy atom. The van der Waals surface area contributed by atoms with Crippen molar-refractivity contribution in [2.24, 2.45) is 4.99 Å². The number of hydrogen-bond donors (Lipinski definition) is 2. The summed E-state index contributed by atoms with van der Waals surface area (Å²) in [5.41, 5.74) is 6.83. The molecule has 0 bridgehead atoms. The molecule has 1 fully saturated rings. The number of piperazine rings is 1. The molecule has 0 spiro atoms. The van der Waals surface area contributed by atoms with Gasteiger partial charge in [-0.25, -0.2) is 27.2 Å². The standard InChI is InChI=1S/C28H30ClF2N7O3S/c1-3-28(30,31)20-7-5-19(6-8-20)15-35-27(39)24-18-37(25-17-34-23(16-33-4-2)26(32)36-25)13-14-38(24)42(40,41)22-11-9-21(29)10-12-22/h4-12,16-17,24H,2-3,13-15,18H2,1H3,(H2,32,36)(H,35,39)/b33-16-/t24-/m1/s1. The first-order valence-corrected chi connectivity index (χ1v) is 14.8. The van der Waals surface area contributed by atoms with E-state index in [4.69, 9.17) is 17.3 Å². The minimum Gasteiger partial charge on any atom is -0.382 e. The Hall–Kier alpha value is -3.94. The molecule has 1 aliphatic heterocycles. The number of benzene rings is 2. The number of rotatable bonds is 10. The van der Waals surface area contributed by atoms with Gasteiger partial charge in [-0.2, -0.15) is 4.31 Å². The Labute approximate surface area is 248 Å². The van der Waals surface area contributed by atoms with Gasteiger partial charge in [0, 0.05) is 49.4 Å². The van der Waals surface area contributed by atoms with Crippen LogP contribution in [0.4, 0.5) is 20.4 Å². The summed E-state index contributed by atoms with van der Waals surface area (Å²) >= 11 is 5.95. The van der Waals surface area contributed by atoms with Gasteiger partial charge in [-0.05, 0) is 29.8 Å². The van der Waals surface area contributed by atoms with Crippen LogP contribution in [0, 0.1) is 0 Å². The van der Waals surface area contributed by atoms with Crippen LogP contribution in [0.3, 0.4) is 0 Å². The van der Waals surface area contributed by atoms with E-state index in [0.717, 1.165) is 4.31 Å². The van der Waals surface area contributed by atoms with Gasteiger partial charge in [0.1, 0.15) is 17.6 Å². The molecule has 1 aromatic heterocycles. The van der Waals surface area contributed by atoms with Gasteiger partial charge in [0.05, 0.1) is 17.3 Å². The molecule has 3 N–H and O–H groups in total. The highest BCUT2D eigenvalue weighted by atomic mass is 35.5. The lowest BCUT2D eigenvalue weighted by Crippen LogP contribution is -2.60. The largest absolute Gasteiger partial charge is 0.382 e. The quantitative estimate of drug-likeness (QED) is 0.329. The van der Waals surface area contributed by atoms with E-state index in [9.17, 15) is 22.0 Å². The van der Waals surface area contributed by atoms with Crippen molar-refractivity contribution in [3.05, 3.63) is 89.4 Å². The molecular formula is C28H30ClF2N7O3S. The van der Waals surface area contributed by atoms with Crippen molar-refractivity contribution < 1.29 is 22.0 Å². The van der Waals surface area contributed by atoms with Crippen molar-refractivity contribution in [3.8, 4) is 0 Å². The fourth-order valence-electron chi connectivity index (χ4n) is 4.37. The number of amides is 1. The Balaban J connectivity index is 1.58. The minimum absolute atomic E-state index is 0.00618. The van der Waals surface area contributed by atoms with E-state index >= 15 is 0 Å². The molecule has 14 heteroatoms.